The Kier molecular flexibility index (Phi) is 4.74. The van der Waals surface area contributed by atoms with E-state index in [9.17, 15) is 0 Å². The summed E-state index contributed by atoms with van der Waals surface area (Å²) in [6.45, 7) is 0. The highest BCUT2D eigenvalue weighted by molar-refractivity contribution is 5.76. The third-order valence-corrected chi connectivity index (χ3v) is 4.29. The number of aromatic nitrogens is 1. The molecule has 125 valence electrons. The molecule has 2 nitrogen and oxygen atoms in total. The number of anilines is 3. The van der Waals surface area contributed by atoms with E-state index in [1.54, 1.807) is 6.20 Å². The van der Waals surface area contributed by atoms with Gasteiger partial charge in [-0.3, -0.25) is 4.98 Å². The first kappa shape index (κ1) is 16.1. The fraction of sp³-hybridized carbons (Fsp3) is 0.0417. The van der Waals surface area contributed by atoms with Gasteiger partial charge in [-0.2, -0.15) is 0 Å². The van der Waals surface area contributed by atoms with E-state index in [0.29, 0.717) is 0 Å². The fourth-order valence-corrected chi connectivity index (χ4v) is 3.03. The van der Waals surface area contributed by atoms with Crippen LogP contribution in [0.4, 0.5) is 17.1 Å². The van der Waals surface area contributed by atoms with Gasteiger partial charge in [-0.25, -0.2) is 0 Å². The lowest BCUT2D eigenvalue weighted by Crippen LogP contribution is -2.09. The van der Waals surface area contributed by atoms with Gasteiger partial charge in [0.05, 0.1) is 0 Å². The first-order valence-electron chi connectivity index (χ1n) is 8.70. The predicted molar refractivity (Wildman–Crippen MR) is 107 cm³/mol. The van der Waals surface area contributed by atoms with E-state index in [1.807, 2.05) is 24.3 Å². The van der Waals surface area contributed by atoms with Gasteiger partial charge in [0.15, 0.2) is 0 Å². The number of pyridine rings is 1. The molecule has 0 saturated heterocycles. The van der Waals surface area contributed by atoms with Crippen LogP contribution < -0.4 is 4.90 Å². The number of hydrogen-bond acceptors (Lipinski definition) is 2. The summed E-state index contributed by atoms with van der Waals surface area (Å²) < 4.78 is 0. The van der Waals surface area contributed by atoms with Crippen LogP contribution in [0.3, 0.4) is 0 Å². The summed E-state index contributed by atoms with van der Waals surface area (Å²) in [4.78, 5) is 6.62. The minimum Gasteiger partial charge on any atom is -0.311 e. The summed E-state index contributed by atoms with van der Waals surface area (Å²) in [7, 11) is 0. The highest BCUT2D eigenvalue weighted by atomic mass is 15.1. The number of hydrogen-bond donors (Lipinski definition) is 0. The van der Waals surface area contributed by atoms with E-state index in [0.717, 1.165) is 29.2 Å². The number of benzene rings is 3. The van der Waals surface area contributed by atoms with Gasteiger partial charge in [0, 0.05) is 41.4 Å². The van der Waals surface area contributed by atoms with E-state index >= 15 is 0 Å². The van der Waals surface area contributed by atoms with Gasteiger partial charge in [-0.05, 0) is 48.0 Å². The van der Waals surface area contributed by atoms with Crippen molar-refractivity contribution in [2.45, 2.75) is 6.42 Å². The molecule has 26 heavy (non-hydrogen) atoms. The Balaban J connectivity index is 1.66. The summed E-state index contributed by atoms with van der Waals surface area (Å²) in [6.07, 6.45) is 2.54. The van der Waals surface area contributed by atoms with Gasteiger partial charge in [0.2, 0.25) is 0 Å². The quantitative estimate of drug-likeness (QED) is 0.448. The van der Waals surface area contributed by atoms with Gasteiger partial charge in [0.25, 0.3) is 0 Å². The molecule has 0 aliphatic carbocycles. The van der Waals surface area contributed by atoms with Gasteiger partial charge in [-0.1, -0.05) is 54.6 Å². The Morgan fingerprint density at radius 1 is 0.654 bits per heavy atom. The van der Waals surface area contributed by atoms with E-state index in [4.69, 9.17) is 0 Å². The minimum atomic E-state index is 0.825. The highest BCUT2D eigenvalue weighted by Gasteiger charge is 2.11. The Bertz CT molecular complexity index is 894. The lowest BCUT2D eigenvalue weighted by molar-refractivity contribution is 1.07. The first-order chi connectivity index (χ1) is 12.9. The SMILES string of the molecule is [c]1ccc(Cc2ccc(N(c3ccccc3)c3ccccc3)cc2)nc1. The summed E-state index contributed by atoms with van der Waals surface area (Å²) in [5, 5.41) is 0. The van der Waals surface area contributed by atoms with Crippen molar-refractivity contribution in [1.82, 2.24) is 4.98 Å². The van der Waals surface area contributed by atoms with E-state index in [-0.39, 0.29) is 0 Å². The van der Waals surface area contributed by atoms with Crippen LogP contribution in [0.15, 0.2) is 103 Å². The van der Waals surface area contributed by atoms with Crippen molar-refractivity contribution in [3.05, 3.63) is 121 Å². The van der Waals surface area contributed by atoms with Gasteiger partial charge < -0.3 is 4.90 Å². The fourth-order valence-electron chi connectivity index (χ4n) is 3.03. The maximum Gasteiger partial charge on any atom is 0.0461 e. The molecule has 4 aromatic rings. The van der Waals surface area contributed by atoms with Crippen molar-refractivity contribution in [1.29, 1.82) is 0 Å². The van der Waals surface area contributed by atoms with Crippen molar-refractivity contribution < 1.29 is 0 Å². The third kappa shape index (κ3) is 3.65. The highest BCUT2D eigenvalue weighted by Crippen LogP contribution is 2.34. The second-order valence-corrected chi connectivity index (χ2v) is 6.10. The summed E-state index contributed by atoms with van der Waals surface area (Å²) >= 11 is 0. The maximum absolute atomic E-state index is 4.36. The zero-order chi connectivity index (χ0) is 17.6. The molecule has 2 heteroatoms. The Morgan fingerprint density at radius 2 is 1.23 bits per heavy atom. The lowest BCUT2D eigenvalue weighted by Gasteiger charge is -2.25. The van der Waals surface area contributed by atoms with Crippen LogP contribution in [0.1, 0.15) is 11.3 Å². The monoisotopic (exact) mass is 335 g/mol. The predicted octanol–water partition coefficient (Wildman–Crippen LogP) is 5.94. The molecule has 0 aliphatic rings. The van der Waals surface area contributed by atoms with Crippen LogP contribution in [0, 0.1) is 6.07 Å². The van der Waals surface area contributed by atoms with Crippen LogP contribution >= 0.6 is 0 Å². The molecule has 0 fully saturated rings. The van der Waals surface area contributed by atoms with Crippen molar-refractivity contribution in [2.24, 2.45) is 0 Å². The molecule has 0 saturated carbocycles. The normalized spacial score (nSPS) is 10.5. The second-order valence-electron chi connectivity index (χ2n) is 6.10. The first-order valence-corrected chi connectivity index (χ1v) is 8.70. The second kappa shape index (κ2) is 7.66. The molecule has 0 bridgehead atoms. The summed E-state index contributed by atoms with van der Waals surface area (Å²) in [5.74, 6) is 0. The van der Waals surface area contributed by atoms with Crippen LogP contribution in [-0.4, -0.2) is 4.98 Å². The number of para-hydroxylation sites is 2. The molecule has 1 heterocycles. The molecule has 0 spiro atoms. The van der Waals surface area contributed by atoms with Crippen LogP contribution in [0.25, 0.3) is 0 Å². The Hall–Kier alpha value is -3.39. The minimum absolute atomic E-state index is 0.825. The molecular formula is C24H19N2. The third-order valence-electron chi connectivity index (χ3n) is 4.29. The zero-order valence-electron chi connectivity index (χ0n) is 14.4. The standard InChI is InChI=1S/C24H19N2/c1-3-10-22(11-4-1)26(23-12-5-2-6-13-23)24-16-14-20(15-17-24)19-21-9-7-8-18-25-21/h1-7,9-18H,19H2. The summed E-state index contributed by atoms with van der Waals surface area (Å²) in [6, 6.07) is 36.4. The maximum atomic E-state index is 4.36. The molecule has 3 aromatic carbocycles. The average molecular weight is 335 g/mol. The zero-order valence-corrected chi connectivity index (χ0v) is 14.4. The molecule has 1 aromatic heterocycles. The molecule has 4 rings (SSSR count). The molecule has 0 unspecified atom stereocenters. The van der Waals surface area contributed by atoms with E-state index < -0.39 is 0 Å². The molecule has 0 atom stereocenters. The van der Waals surface area contributed by atoms with E-state index in [2.05, 4.69) is 88.7 Å². The van der Waals surface area contributed by atoms with Crippen LogP contribution in [0.2, 0.25) is 0 Å². The van der Waals surface area contributed by atoms with Crippen molar-refractivity contribution >= 4 is 17.1 Å². The van der Waals surface area contributed by atoms with Crippen molar-refractivity contribution in [3.8, 4) is 0 Å². The van der Waals surface area contributed by atoms with Crippen LogP contribution in [0.5, 0.6) is 0 Å². The molecule has 0 amide bonds. The van der Waals surface area contributed by atoms with E-state index in [1.165, 1.54) is 5.56 Å². The molecular weight excluding hydrogens is 316 g/mol. The molecule has 0 aliphatic heterocycles. The number of nitrogens with zero attached hydrogens (tertiary/aromatic N) is 2. The van der Waals surface area contributed by atoms with Gasteiger partial charge in [0.1, 0.15) is 0 Å². The lowest BCUT2D eigenvalue weighted by atomic mass is 10.1. The largest absolute Gasteiger partial charge is 0.311 e. The summed E-state index contributed by atoms with van der Waals surface area (Å²) in [5.41, 5.74) is 5.73. The molecule has 1 radical (unpaired) electrons. The molecule has 0 N–H and O–H groups in total. The van der Waals surface area contributed by atoms with Gasteiger partial charge >= 0.3 is 0 Å². The van der Waals surface area contributed by atoms with Crippen molar-refractivity contribution in [3.63, 3.8) is 0 Å². The van der Waals surface area contributed by atoms with Crippen molar-refractivity contribution in [2.75, 3.05) is 4.90 Å². The Morgan fingerprint density at radius 3 is 1.77 bits per heavy atom. The Labute approximate surface area is 154 Å². The topological polar surface area (TPSA) is 16.1 Å². The van der Waals surface area contributed by atoms with Gasteiger partial charge in [-0.15, -0.1) is 0 Å². The number of rotatable bonds is 5. The van der Waals surface area contributed by atoms with Crippen LogP contribution in [-0.2, 0) is 6.42 Å². The smallest absolute Gasteiger partial charge is 0.0461 e. The average Bonchev–Trinajstić information content (AvgIpc) is 2.72.